The van der Waals surface area contributed by atoms with Crippen molar-refractivity contribution >= 4 is 51.7 Å². The van der Waals surface area contributed by atoms with Crippen LogP contribution in [0.25, 0.3) is 11.7 Å². The minimum absolute atomic E-state index is 0.0191. The molecule has 9 heteroatoms. The highest BCUT2D eigenvalue weighted by atomic mass is 32.2. The van der Waals surface area contributed by atoms with Crippen molar-refractivity contribution < 1.29 is 9.53 Å². The fraction of sp³-hybridized carbons (Fsp3) is 0.368. The smallest absolute Gasteiger partial charge is 0.267 e. The number of anilines is 1. The normalized spacial score (nSPS) is 21.3. The van der Waals surface area contributed by atoms with Crippen molar-refractivity contribution in [2.24, 2.45) is 0 Å². The van der Waals surface area contributed by atoms with Crippen LogP contribution in [0.2, 0.25) is 0 Å². The number of hydrogen-bond acceptors (Lipinski definition) is 7. The van der Waals surface area contributed by atoms with Crippen LogP contribution in [0.3, 0.4) is 0 Å². The third-order valence-corrected chi connectivity index (χ3v) is 6.26. The summed E-state index contributed by atoms with van der Waals surface area (Å²) in [5.41, 5.74) is 1.58. The first-order valence-corrected chi connectivity index (χ1v) is 10.3. The quantitative estimate of drug-likeness (QED) is 0.606. The molecule has 0 radical (unpaired) electrons. The van der Waals surface area contributed by atoms with Crippen LogP contribution in [0.15, 0.2) is 28.0 Å². The van der Waals surface area contributed by atoms with Gasteiger partial charge in [0, 0.05) is 19.9 Å². The molecule has 0 spiro atoms. The summed E-state index contributed by atoms with van der Waals surface area (Å²) >= 11 is 6.60. The van der Waals surface area contributed by atoms with Gasteiger partial charge in [0.2, 0.25) is 0 Å². The van der Waals surface area contributed by atoms with Gasteiger partial charge in [-0.1, -0.05) is 30.0 Å². The van der Waals surface area contributed by atoms with Crippen LogP contribution >= 0.6 is 24.0 Å². The summed E-state index contributed by atoms with van der Waals surface area (Å²) in [6.07, 6.45) is 5.21. The number of nitrogens with one attached hydrogen (secondary N) is 1. The van der Waals surface area contributed by atoms with Crippen molar-refractivity contribution in [3.8, 4) is 0 Å². The molecule has 2 aromatic rings. The molecule has 7 nitrogen and oxygen atoms in total. The standard InChI is InChI=1S/C19H20N4O3S2/c1-11-5-3-7-22-16(11)21-15(20-2)13(17(22)24)9-14-18(25)23(19(27)28-14)10-12-6-4-8-26-12/h3,5,7,9,12,20H,4,6,8,10H2,1-2H3/b14-9+/t12-/m0/s1. The molecule has 2 saturated heterocycles. The van der Waals surface area contributed by atoms with Gasteiger partial charge >= 0.3 is 0 Å². The average molecular weight is 417 g/mol. The Labute approximate surface area is 171 Å². The van der Waals surface area contributed by atoms with Crippen LogP contribution in [0.4, 0.5) is 5.82 Å². The van der Waals surface area contributed by atoms with Crippen molar-refractivity contribution in [3.05, 3.63) is 44.7 Å². The molecule has 2 fully saturated rings. The molecule has 28 heavy (non-hydrogen) atoms. The predicted octanol–water partition coefficient (Wildman–Crippen LogP) is 2.42. The third kappa shape index (κ3) is 3.34. The Balaban J connectivity index is 1.73. The van der Waals surface area contributed by atoms with E-state index in [-0.39, 0.29) is 17.6 Å². The van der Waals surface area contributed by atoms with E-state index in [4.69, 9.17) is 17.0 Å². The Morgan fingerprint density at radius 1 is 1.46 bits per heavy atom. The van der Waals surface area contributed by atoms with E-state index >= 15 is 0 Å². The molecule has 2 aromatic heterocycles. The number of amides is 1. The van der Waals surface area contributed by atoms with E-state index in [0.29, 0.717) is 32.8 Å². The molecule has 0 aliphatic carbocycles. The maximum absolute atomic E-state index is 13.0. The summed E-state index contributed by atoms with van der Waals surface area (Å²) in [4.78, 5) is 32.5. The van der Waals surface area contributed by atoms with E-state index in [2.05, 4.69) is 10.3 Å². The van der Waals surface area contributed by atoms with Crippen molar-refractivity contribution in [2.75, 3.05) is 25.5 Å². The lowest BCUT2D eigenvalue weighted by Crippen LogP contribution is -2.35. The molecule has 0 aromatic carbocycles. The van der Waals surface area contributed by atoms with Gasteiger partial charge in [0.1, 0.15) is 15.8 Å². The predicted molar refractivity (Wildman–Crippen MR) is 115 cm³/mol. The molecular formula is C19H20N4O3S2. The highest BCUT2D eigenvalue weighted by molar-refractivity contribution is 8.26. The Bertz CT molecular complexity index is 1060. The van der Waals surface area contributed by atoms with Crippen LogP contribution in [0.1, 0.15) is 24.0 Å². The zero-order valence-corrected chi connectivity index (χ0v) is 17.2. The maximum atomic E-state index is 13.0. The lowest BCUT2D eigenvalue weighted by molar-refractivity contribution is -0.123. The molecule has 2 aliphatic rings. The number of aromatic nitrogens is 2. The second-order valence-corrected chi connectivity index (χ2v) is 8.42. The molecule has 2 aliphatic heterocycles. The van der Waals surface area contributed by atoms with E-state index in [1.165, 1.54) is 16.2 Å². The van der Waals surface area contributed by atoms with Gasteiger partial charge < -0.3 is 10.1 Å². The zero-order valence-electron chi connectivity index (χ0n) is 15.6. The number of carbonyl (C=O) groups is 1. The summed E-state index contributed by atoms with van der Waals surface area (Å²) in [5.74, 6) is 0.241. The number of aryl methyl sites for hydroxylation is 1. The number of ether oxygens (including phenoxy) is 1. The molecule has 0 bridgehead atoms. The van der Waals surface area contributed by atoms with Gasteiger partial charge in [-0.25, -0.2) is 4.98 Å². The van der Waals surface area contributed by atoms with Gasteiger partial charge in [-0.15, -0.1) is 0 Å². The van der Waals surface area contributed by atoms with Crippen molar-refractivity contribution in [3.63, 3.8) is 0 Å². The minimum atomic E-state index is -0.234. The number of carbonyl (C=O) groups excluding carboxylic acids is 1. The average Bonchev–Trinajstić information content (AvgIpc) is 3.28. The topological polar surface area (TPSA) is 75.9 Å². The molecule has 0 unspecified atom stereocenters. The molecule has 146 valence electrons. The lowest BCUT2D eigenvalue weighted by atomic mass is 10.2. The van der Waals surface area contributed by atoms with Crippen molar-refractivity contribution in [1.29, 1.82) is 0 Å². The summed E-state index contributed by atoms with van der Waals surface area (Å²) in [6, 6.07) is 3.70. The SMILES string of the molecule is CNc1nc2c(C)cccn2c(=O)c1/C=C1/SC(=S)N(C[C@@H]2CCCO2)C1=O. The number of thiocarbonyl (C=S) groups is 1. The van der Waals surface area contributed by atoms with Gasteiger partial charge in [0.15, 0.2) is 0 Å². The lowest BCUT2D eigenvalue weighted by Gasteiger charge is -2.18. The van der Waals surface area contributed by atoms with Crippen molar-refractivity contribution in [2.45, 2.75) is 25.9 Å². The molecule has 1 amide bonds. The maximum Gasteiger partial charge on any atom is 0.267 e. The van der Waals surface area contributed by atoms with Gasteiger partial charge in [-0.05, 0) is 37.5 Å². The minimum Gasteiger partial charge on any atom is -0.376 e. The number of fused-ring (bicyclic) bond motifs is 1. The van der Waals surface area contributed by atoms with Crippen LogP contribution in [0, 0.1) is 6.92 Å². The van der Waals surface area contributed by atoms with E-state index < -0.39 is 0 Å². The number of pyridine rings is 1. The third-order valence-electron chi connectivity index (χ3n) is 4.88. The molecule has 0 saturated carbocycles. The second-order valence-electron chi connectivity index (χ2n) is 6.74. The first kappa shape index (κ1) is 19.1. The van der Waals surface area contributed by atoms with Crippen LogP contribution in [-0.4, -0.2) is 50.8 Å². The second kappa shape index (κ2) is 7.65. The number of hydrogen-bond donors (Lipinski definition) is 1. The number of nitrogens with zero attached hydrogens (tertiary/aromatic N) is 3. The van der Waals surface area contributed by atoms with Gasteiger partial charge in [-0.3, -0.25) is 18.9 Å². The van der Waals surface area contributed by atoms with Crippen LogP contribution < -0.4 is 10.9 Å². The van der Waals surface area contributed by atoms with Gasteiger partial charge in [0.25, 0.3) is 11.5 Å². The Morgan fingerprint density at radius 2 is 2.29 bits per heavy atom. The largest absolute Gasteiger partial charge is 0.376 e. The van der Waals surface area contributed by atoms with Crippen LogP contribution in [0.5, 0.6) is 0 Å². The van der Waals surface area contributed by atoms with Gasteiger partial charge in [0.05, 0.1) is 23.1 Å². The van der Waals surface area contributed by atoms with E-state index in [0.717, 1.165) is 25.0 Å². The first-order chi connectivity index (χ1) is 13.5. The molecule has 1 N–H and O–H groups in total. The summed E-state index contributed by atoms with van der Waals surface area (Å²) < 4.78 is 7.61. The summed E-state index contributed by atoms with van der Waals surface area (Å²) in [5, 5.41) is 2.97. The Kier molecular flexibility index (Phi) is 5.22. The zero-order chi connectivity index (χ0) is 19.8. The highest BCUT2D eigenvalue weighted by Crippen LogP contribution is 2.34. The number of rotatable bonds is 4. The fourth-order valence-electron chi connectivity index (χ4n) is 3.41. The Morgan fingerprint density at radius 3 is 3.00 bits per heavy atom. The monoisotopic (exact) mass is 416 g/mol. The Hall–Kier alpha value is -2.23. The molecular weight excluding hydrogens is 396 g/mol. The van der Waals surface area contributed by atoms with E-state index in [1.807, 2.05) is 13.0 Å². The van der Waals surface area contributed by atoms with Crippen molar-refractivity contribution in [1.82, 2.24) is 14.3 Å². The fourth-order valence-corrected chi connectivity index (χ4v) is 4.67. The molecule has 4 rings (SSSR count). The summed E-state index contributed by atoms with van der Waals surface area (Å²) in [7, 11) is 1.70. The van der Waals surface area contributed by atoms with Gasteiger partial charge in [-0.2, -0.15) is 0 Å². The first-order valence-electron chi connectivity index (χ1n) is 9.06. The molecule has 1 atom stereocenters. The number of thioether (sulfide) groups is 1. The van der Waals surface area contributed by atoms with E-state index in [9.17, 15) is 9.59 Å². The van der Waals surface area contributed by atoms with Crippen LogP contribution in [-0.2, 0) is 9.53 Å². The van der Waals surface area contributed by atoms with E-state index in [1.54, 1.807) is 30.3 Å². The summed E-state index contributed by atoms with van der Waals surface area (Å²) in [6.45, 7) is 3.08. The highest BCUT2D eigenvalue weighted by Gasteiger charge is 2.35. The molecule has 4 heterocycles.